The van der Waals surface area contributed by atoms with Crippen LogP contribution in [0.15, 0.2) is 66.9 Å². The molecule has 2 heterocycles. The minimum atomic E-state index is -0.206. The minimum absolute atomic E-state index is 0.206. The van der Waals surface area contributed by atoms with Crippen LogP contribution in [0.3, 0.4) is 0 Å². The zero-order valence-corrected chi connectivity index (χ0v) is 17.1. The number of nitrogens with one attached hydrogen (secondary N) is 2. The van der Waals surface area contributed by atoms with Gasteiger partial charge in [-0.3, -0.25) is 0 Å². The first-order valence-electron chi connectivity index (χ1n) is 10.1. The molecule has 0 atom stereocenters. The largest absolute Gasteiger partial charge is 0.497 e. The van der Waals surface area contributed by atoms with E-state index >= 15 is 0 Å². The van der Waals surface area contributed by atoms with Gasteiger partial charge in [0.25, 0.3) is 0 Å². The highest BCUT2D eigenvalue weighted by Crippen LogP contribution is 2.23. The topological polar surface area (TPSA) is 66.5 Å². The summed E-state index contributed by atoms with van der Waals surface area (Å²) in [6, 6.07) is 20.0. The number of amides is 2. The molecular weight excluding hydrogens is 376 g/mol. The average molecular weight is 402 g/mol. The number of anilines is 1. The molecule has 0 saturated carbocycles. The number of carbonyl (C=O) groups is 1. The van der Waals surface area contributed by atoms with E-state index in [9.17, 15) is 4.79 Å². The molecule has 0 spiro atoms. The van der Waals surface area contributed by atoms with Gasteiger partial charge < -0.3 is 20.3 Å². The number of rotatable bonds is 6. The average Bonchev–Trinajstić information content (AvgIpc) is 2.81. The van der Waals surface area contributed by atoms with Gasteiger partial charge >= 0.3 is 6.03 Å². The van der Waals surface area contributed by atoms with Gasteiger partial charge in [0.15, 0.2) is 0 Å². The van der Waals surface area contributed by atoms with Crippen LogP contribution in [-0.2, 0) is 26.1 Å². The van der Waals surface area contributed by atoms with E-state index in [1.807, 2.05) is 42.6 Å². The molecule has 2 N–H and O–H groups in total. The van der Waals surface area contributed by atoms with E-state index < -0.39 is 0 Å². The number of hydrogen-bond acceptors (Lipinski definition) is 4. The van der Waals surface area contributed by atoms with E-state index in [0.29, 0.717) is 13.1 Å². The predicted molar refractivity (Wildman–Crippen MR) is 118 cm³/mol. The van der Waals surface area contributed by atoms with Crippen molar-refractivity contribution in [3.63, 3.8) is 0 Å². The fourth-order valence-corrected chi connectivity index (χ4v) is 3.57. The Morgan fingerprint density at radius 3 is 2.37 bits per heavy atom. The maximum atomic E-state index is 12.1. The number of urea groups is 1. The van der Waals surface area contributed by atoms with Crippen LogP contribution < -0.4 is 20.3 Å². The Kier molecular flexibility index (Phi) is 6.13. The first kappa shape index (κ1) is 19.8. The van der Waals surface area contributed by atoms with Crippen molar-refractivity contribution in [3.8, 4) is 5.75 Å². The lowest BCUT2D eigenvalue weighted by Gasteiger charge is -2.29. The third kappa shape index (κ3) is 4.89. The lowest BCUT2D eigenvalue weighted by atomic mass is 10.00. The summed E-state index contributed by atoms with van der Waals surface area (Å²) in [4.78, 5) is 19.0. The van der Waals surface area contributed by atoms with Gasteiger partial charge in [0.2, 0.25) is 0 Å². The second-order valence-electron chi connectivity index (χ2n) is 7.35. The second kappa shape index (κ2) is 9.31. The summed E-state index contributed by atoms with van der Waals surface area (Å²) >= 11 is 0. The zero-order valence-electron chi connectivity index (χ0n) is 17.1. The number of hydrogen-bond donors (Lipinski definition) is 2. The Bertz CT molecular complexity index is 987. The Labute approximate surface area is 176 Å². The molecule has 0 bridgehead atoms. The van der Waals surface area contributed by atoms with Crippen molar-refractivity contribution < 1.29 is 9.53 Å². The molecule has 1 aromatic heterocycles. The highest BCUT2D eigenvalue weighted by molar-refractivity contribution is 5.73. The van der Waals surface area contributed by atoms with Crippen LogP contribution >= 0.6 is 0 Å². The molecule has 6 heteroatoms. The summed E-state index contributed by atoms with van der Waals surface area (Å²) in [5, 5.41) is 5.74. The summed E-state index contributed by atoms with van der Waals surface area (Å²) in [6.07, 6.45) is 2.87. The molecular formula is C24H26N4O2. The van der Waals surface area contributed by atoms with Gasteiger partial charge in [0.1, 0.15) is 11.6 Å². The molecule has 30 heavy (non-hydrogen) atoms. The van der Waals surface area contributed by atoms with Crippen LogP contribution in [0.5, 0.6) is 5.75 Å². The molecule has 3 aromatic rings. The summed E-state index contributed by atoms with van der Waals surface area (Å²) in [5.74, 6) is 1.77. The van der Waals surface area contributed by atoms with Crippen molar-refractivity contribution in [3.05, 3.63) is 89.1 Å². The minimum Gasteiger partial charge on any atom is -0.497 e. The maximum Gasteiger partial charge on any atom is 0.315 e. The highest BCUT2D eigenvalue weighted by Gasteiger charge is 2.16. The molecule has 2 aromatic carbocycles. The van der Waals surface area contributed by atoms with Crippen molar-refractivity contribution in [1.82, 2.24) is 15.6 Å². The molecule has 0 radical (unpaired) electrons. The summed E-state index contributed by atoms with van der Waals surface area (Å²) in [6.45, 7) is 2.75. The predicted octanol–water partition coefficient (Wildman–Crippen LogP) is 3.65. The molecule has 0 fully saturated rings. The number of pyridine rings is 1. The van der Waals surface area contributed by atoms with Crippen LogP contribution in [0.25, 0.3) is 0 Å². The van der Waals surface area contributed by atoms with Gasteiger partial charge in [-0.15, -0.1) is 0 Å². The zero-order chi connectivity index (χ0) is 20.8. The molecule has 154 valence electrons. The van der Waals surface area contributed by atoms with Gasteiger partial charge in [-0.1, -0.05) is 42.5 Å². The van der Waals surface area contributed by atoms with E-state index in [-0.39, 0.29) is 6.03 Å². The standard InChI is InChI=1S/C24H26N4O2/c1-30-22-9-6-18(7-10-22)14-26-24(29)27-16-19-8-11-23(25-15-19)28-13-12-20-4-2-3-5-21(20)17-28/h2-11,15H,12-14,16-17H2,1H3,(H2,26,27,29). The van der Waals surface area contributed by atoms with E-state index in [1.54, 1.807) is 7.11 Å². The van der Waals surface area contributed by atoms with Crippen LogP contribution in [-0.4, -0.2) is 24.7 Å². The van der Waals surface area contributed by atoms with Crippen LogP contribution in [0.4, 0.5) is 10.6 Å². The molecule has 2 amide bonds. The van der Waals surface area contributed by atoms with E-state index in [0.717, 1.165) is 42.2 Å². The SMILES string of the molecule is COc1ccc(CNC(=O)NCc2ccc(N3CCc4ccccc4C3)nc2)cc1. The first-order chi connectivity index (χ1) is 14.7. The number of aromatic nitrogens is 1. The van der Waals surface area contributed by atoms with E-state index in [4.69, 9.17) is 4.74 Å². The van der Waals surface area contributed by atoms with Crippen molar-refractivity contribution >= 4 is 11.8 Å². The fourth-order valence-electron chi connectivity index (χ4n) is 3.57. The van der Waals surface area contributed by atoms with Gasteiger partial charge in [-0.25, -0.2) is 9.78 Å². The van der Waals surface area contributed by atoms with Gasteiger partial charge in [-0.05, 0) is 46.9 Å². The maximum absolute atomic E-state index is 12.1. The van der Waals surface area contributed by atoms with Crippen molar-refractivity contribution in [2.75, 3.05) is 18.6 Å². The van der Waals surface area contributed by atoms with Crippen LogP contribution in [0.2, 0.25) is 0 Å². The number of ether oxygens (including phenoxy) is 1. The molecule has 1 aliphatic rings. The van der Waals surface area contributed by atoms with Crippen molar-refractivity contribution in [1.29, 1.82) is 0 Å². The third-order valence-corrected chi connectivity index (χ3v) is 5.33. The summed E-state index contributed by atoms with van der Waals surface area (Å²) in [7, 11) is 1.63. The number of nitrogens with zero attached hydrogens (tertiary/aromatic N) is 2. The van der Waals surface area contributed by atoms with Crippen LogP contribution in [0, 0.1) is 0 Å². The molecule has 6 nitrogen and oxygen atoms in total. The fraction of sp³-hybridized carbons (Fsp3) is 0.250. The summed E-state index contributed by atoms with van der Waals surface area (Å²) < 4.78 is 5.14. The van der Waals surface area contributed by atoms with Gasteiger partial charge in [0.05, 0.1) is 7.11 Å². The normalized spacial score (nSPS) is 12.8. The summed E-state index contributed by atoms with van der Waals surface area (Å²) in [5.41, 5.74) is 4.77. The highest BCUT2D eigenvalue weighted by atomic mass is 16.5. The third-order valence-electron chi connectivity index (χ3n) is 5.33. The molecule has 4 rings (SSSR count). The second-order valence-corrected chi connectivity index (χ2v) is 7.35. The Balaban J connectivity index is 1.25. The van der Waals surface area contributed by atoms with E-state index in [2.05, 4.69) is 44.8 Å². The molecule has 0 saturated heterocycles. The smallest absolute Gasteiger partial charge is 0.315 e. The van der Waals surface area contributed by atoms with Crippen molar-refractivity contribution in [2.45, 2.75) is 26.1 Å². The lowest BCUT2D eigenvalue weighted by molar-refractivity contribution is 0.240. The quantitative estimate of drug-likeness (QED) is 0.661. The molecule has 1 aliphatic heterocycles. The van der Waals surface area contributed by atoms with Gasteiger partial charge in [-0.2, -0.15) is 0 Å². The monoisotopic (exact) mass is 402 g/mol. The Morgan fingerprint density at radius 2 is 1.67 bits per heavy atom. The first-order valence-corrected chi connectivity index (χ1v) is 10.1. The Hall–Kier alpha value is -3.54. The number of fused-ring (bicyclic) bond motifs is 1. The lowest BCUT2D eigenvalue weighted by Crippen LogP contribution is -2.34. The number of carbonyl (C=O) groups excluding carboxylic acids is 1. The van der Waals surface area contributed by atoms with Crippen LogP contribution in [0.1, 0.15) is 22.3 Å². The molecule has 0 aliphatic carbocycles. The number of methoxy groups -OCH3 is 1. The number of benzene rings is 2. The Morgan fingerprint density at radius 1 is 0.967 bits per heavy atom. The molecule has 0 unspecified atom stereocenters. The van der Waals surface area contributed by atoms with Crippen molar-refractivity contribution in [2.24, 2.45) is 0 Å². The van der Waals surface area contributed by atoms with E-state index in [1.165, 1.54) is 11.1 Å². The van der Waals surface area contributed by atoms with Gasteiger partial charge in [0, 0.05) is 32.4 Å².